The predicted octanol–water partition coefficient (Wildman–Crippen LogP) is 5.59. The van der Waals surface area contributed by atoms with E-state index in [1.54, 1.807) is 35.2 Å². The molecule has 0 fully saturated rings. The molecule has 2 amide bonds. The number of rotatable bonds is 7. The first-order chi connectivity index (χ1) is 14.4. The maximum atomic E-state index is 13.1. The van der Waals surface area contributed by atoms with Crippen LogP contribution in [0, 0.1) is 0 Å². The first-order valence-corrected chi connectivity index (χ1v) is 10.7. The lowest BCUT2D eigenvalue weighted by atomic mass is 10.1. The normalized spacial score (nSPS) is 10.5. The number of nitrogens with one attached hydrogen (secondary N) is 1. The molecule has 0 aliphatic rings. The molecule has 5 nitrogen and oxygen atoms in total. The molecule has 2 aromatic carbocycles. The van der Waals surface area contributed by atoms with Crippen LogP contribution in [0.5, 0.6) is 0 Å². The van der Waals surface area contributed by atoms with E-state index in [0.717, 1.165) is 11.1 Å². The van der Waals surface area contributed by atoms with E-state index in [4.69, 9.17) is 23.2 Å². The number of halogens is 2. The molecule has 0 saturated carbocycles. The maximum Gasteiger partial charge on any atom is 0.260 e. The first kappa shape index (κ1) is 22.0. The van der Waals surface area contributed by atoms with E-state index < -0.39 is 0 Å². The zero-order valence-electron chi connectivity index (χ0n) is 16.2. The summed E-state index contributed by atoms with van der Waals surface area (Å²) in [5, 5.41) is 6.08. The quantitative estimate of drug-likeness (QED) is 0.468. The molecule has 0 atom stereocenters. The van der Waals surface area contributed by atoms with Gasteiger partial charge in [-0.05, 0) is 29.8 Å². The Hall–Kier alpha value is -2.67. The summed E-state index contributed by atoms with van der Waals surface area (Å²) in [5.41, 5.74) is 2.96. The van der Waals surface area contributed by atoms with Gasteiger partial charge < -0.3 is 5.32 Å². The van der Waals surface area contributed by atoms with E-state index >= 15 is 0 Å². The summed E-state index contributed by atoms with van der Waals surface area (Å²) in [5.74, 6) is -0.287. The monoisotopic (exact) mass is 459 g/mol. The van der Waals surface area contributed by atoms with Crippen molar-refractivity contribution in [1.29, 1.82) is 0 Å². The molecule has 3 rings (SSSR count). The summed E-state index contributed by atoms with van der Waals surface area (Å²) in [6.45, 7) is 5.95. The Morgan fingerprint density at radius 2 is 1.90 bits per heavy atom. The highest BCUT2D eigenvalue weighted by Gasteiger charge is 2.20. The van der Waals surface area contributed by atoms with Gasteiger partial charge in [-0.3, -0.25) is 14.5 Å². The van der Waals surface area contributed by atoms with E-state index in [1.165, 1.54) is 18.3 Å². The molecule has 8 heteroatoms. The van der Waals surface area contributed by atoms with Gasteiger partial charge in [-0.1, -0.05) is 47.5 Å². The third-order valence-corrected chi connectivity index (χ3v) is 5.84. The predicted molar refractivity (Wildman–Crippen MR) is 123 cm³/mol. The minimum atomic E-state index is -0.184. The number of thiazole rings is 1. The molecule has 0 saturated heterocycles. The second-order valence-corrected chi connectivity index (χ2v) is 8.11. The van der Waals surface area contributed by atoms with Gasteiger partial charge in [0, 0.05) is 36.5 Å². The van der Waals surface area contributed by atoms with Crippen LogP contribution in [0.25, 0.3) is 11.3 Å². The highest BCUT2D eigenvalue weighted by molar-refractivity contribution is 7.14. The van der Waals surface area contributed by atoms with E-state index in [0.29, 0.717) is 39.5 Å². The van der Waals surface area contributed by atoms with Crippen molar-refractivity contribution < 1.29 is 9.59 Å². The van der Waals surface area contributed by atoms with Crippen molar-refractivity contribution in [3.63, 3.8) is 0 Å². The topological polar surface area (TPSA) is 62.3 Å². The molecule has 0 radical (unpaired) electrons. The zero-order valence-corrected chi connectivity index (χ0v) is 18.5. The number of carbonyl (C=O) groups is 2. The van der Waals surface area contributed by atoms with Crippen molar-refractivity contribution in [2.45, 2.75) is 13.5 Å². The molecule has 1 N–H and O–H groups in total. The number of hydrogen-bond acceptors (Lipinski definition) is 4. The van der Waals surface area contributed by atoms with Gasteiger partial charge >= 0.3 is 0 Å². The Morgan fingerprint density at radius 1 is 1.17 bits per heavy atom. The molecule has 0 aliphatic carbocycles. The lowest BCUT2D eigenvalue weighted by molar-refractivity contribution is -0.119. The molecule has 154 valence electrons. The number of amides is 2. The van der Waals surface area contributed by atoms with Gasteiger partial charge in [0.25, 0.3) is 5.91 Å². The number of aromatic nitrogens is 1. The van der Waals surface area contributed by atoms with Crippen molar-refractivity contribution in [2.24, 2.45) is 0 Å². The minimum absolute atomic E-state index is 0.103. The Morgan fingerprint density at radius 3 is 2.53 bits per heavy atom. The molecule has 1 heterocycles. The van der Waals surface area contributed by atoms with Gasteiger partial charge in [0.15, 0.2) is 5.13 Å². The van der Waals surface area contributed by atoms with Gasteiger partial charge in [-0.2, -0.15) is 0 Å². The van der Waals surface area contributed by atoms with E-state index in [1.807, 2.05) is 23.6 Å². The standard InChI is InChI=1S/C22H19Cl2N3O2S/c1-3-10-27(21(29)16-6-4-15(5-7-16)12-25-14(2)28)22-26-20(13-30-22)17-8-9-18(23)19(24)11-17/h3-9,11,13H,1,10,12H2,2H3,(H,25,28). The van der Waals surface area contributed by atoms with Crippen LogP contribution in [0.4, 0.5) is 5.13 Å². The average Bonchev–Trinajstić information content (AvgIpc) is 3.22. The number of carbonyl (C=O) groups excluding carboxylic acids is 2. The average molecular weight is 460 g/mol. The van der Waals surface area contributed by atoms with Crippen molar-refractivity contribution in [1.82, 2.24) is 10.3 Å². The summed E-state index contributed by atoms with van der Waals surface area (Å²) in [6.07, 6.45) is 1.66. The maximum absolute atomic E-state index is 13.1. The highest BCUT2D eigenvalue weighted by atomic mass is 35.5. The van der Waals surface area contributed by atoms with Crippen LogP contribution in [0.2, 0.25) is 10.0 Å². The van der Waals surface area contributed by atoms with E-state index in [2.05, 4.69) is 16.9 Å². The Kier molecular flexibility index (Phi) is 7.26. The molecule has 0 unspecified atom stereocenters. The van der Waals surface area contributed by atoms with Crippen LogP contribution in [0.3, 0.4) is 0 Å². The van der Waals surface area contributed by atoms with Crippen molar-refractivity contribution in [2.75, 3.05) is 11.4 Å². The summed E-state index contributed by atoms with van der Waals surface area (Å²) in [6, 6.07) is 12.4. The molecule has 1 aromatic heterocycles. The third-order valence-electron chi connectivity index (χ3n) is 4.24. The van der Waals surface area contributed by atoms with Crippen LogP contribution in [-0.2, 0) is 11.3 Å². The fourth-order valence-electron chi connectivity index (χ4n) is 2.70. The molecular weight excluding hydrogens is 441 g/mol. The van der Waals surface area contributed by atoms with Gasteiger partial charge in [-0.25, -0.2) is 4.98 Å². The molecule has 0 bridgehead atoms. The fourth-order valence-corrected chi connectivity index (χ4v) is 3.84. The highest BCUT2D eigenvalue weighted by Crippen LogP contribution is 2.32. The lowest BCUT2D eigenvalue weighted by Crippen LogP contribution is -2.31. The van der Waals surface area contributed by atoms with E-state index in [-0.39, 0.29) is 11.8 Å². The first-order valence-electron chi connectivity index (χ1n) is 9.06. The number of hydrogen-bond donors (Lipinski definition) is 1. The van der Waals surface area contributed by atoms with Gasteiger partial charge in [0.05, 0.1) is 15.7 Å². The summed E-state index contributed by atoms with van der Waals surface area (Å²) < 4.78 is 0. The number of nitrogens with zero attached hydrogens (tertiary/aromatic N) is 2. The SMILES string of the molecule is C=CCN(C(=O)c1ccc(CNC(C)=O)cc1)c1nc(-c2ccc(Cl)c(Cl)c2)cs1. The smallest absolute Gasteiger partial charge is 0.260 e. The Bertz CT molecular complexity index is 1080. The van der Waals surface area contributed by atoms with Crippen LogP contribution >= 0.6 is 34.5 Å². The van der Waals surface area contributed by atoms with Crippen LogP contribution < -0.4 is 10.2 Å². The second kappa shape index (κ2) is 9.89. The molecule has 0 spiro atoms. The largest absolute Gasteiger partial charge is 0.352 e. The van der Waals surface area contributed by atoms with Crippen LogP contribution in [-0.4, -0.2) is 23.3 Å². The summed E-state index contributed by atoms with van der Waals surface area (Å²) >= 11 is 13.5. The van der Waals surface area contributed by atoms with Gasteiger partial charge in [0.2, 0.25) is 5.91 Å². The van der Waals surface area contributed by atoms with Crippen LogP contribution in [0.15, 0.2) is 60.5 Å². The number of benzene rings is 2. The molecular formula is C22H19Cl2N3O2S. The second-order valence-electron chi connectivity index (χ2n) is 6.46. The van der Waals surface area contributed by atoms with Crippen molar-refractivity contribution in [3.05, 3.63) is 81.7 Å². The molecule has 0 aliphatic heterocycles. The Balaban J connectivity index is 1.82. The minimum Gasteiger partial charge on any atom is -0.352 e. The third kappa shape index (κ3) is 5.27. The lowest BCUT2D eigenvalue weighted by Gasteiger charge is -2.18. The molecule has 3 aromatic rings. The fraction of sp³-hybridized carbons (Fsp3) is 0.136. The zero-order chi connectivity index (χ0) is 21.7. The van der Waals surface area contributed by atoms with E-state index in [9.17, 15) is 9.59 Å². The summed E-state index contributed by atoms with van der Waals surface area (Å²) in [4.78, 5) is 30.3. The summed E-state index contributed by atoms with van der Waals surface area (Å²) in [7, 11) is 0. The molecule has 30 heavy (non-hydrogen) atoms. The van der Waals surface area contributed by atoms with Crippen LogP contribution in [0.1, 0.15) is 22.8 Å². The van der Waals surface area contributed by atoms with Crippen molar-refractivity contribution >= 4 is 51.5 Å². The van der Waals surface area contributed by atoms with Crippen molar-refractivity contribution in [3.8, 4) is 11.3 Å². The number of anilines is 1. The Labute approximate surface area is 189 Å². The van der Waals surface area contributed by atoms with Gasteiger partial charge in [0.1, 0.15) is 0 Å². The van der Waals surface area contributed by atoms with Gasteiger partial charge in [-0.15, -0.1) is 17.9 Å².